The van der Waals surface area contributed by atoms with Crippen molar-refractivity contribution in [1.29, 1.82) is 0 Å². The molecular weight excluding hydrogens is 332 g/mol. The lowest BCUT2D eigenvalue weighted by Crippen LogP contribution is -2.39. The van der Waals surface area contributed by atoms with Crippen LogP contribution in [0.25, 0.3) is 0 Å². The van der Waals surface area contributed by atoms with Crippen LogP contribution in [0.15, 0.2) is 35.3 Å². The Bertz CT molecular complexity index is 509. The predicted octanol–water partition coefficient (Wildman–Crippen LogP) is 0.954. The minimum Gasteiger partial charge on any atom is -0.382 e. The molecule has 0 unspecified atom stereocenters. The molecule has 3 N–H and O–H groups in total. The van der Waals surface area contributed by atoms with Crippen molar-refractivity contribution < 1.29 is 14.3 Å². The smallest absolute Gasteiger partial charge is 0.241 e. The van der Waals surface area contributed by atoms with E-state index < -0.39 is 0 Å². The highest BCUT2D eigenvalue weighted by molar-refractivity contribution is 5.84. The van der Waals surface area contributed by atoms with Crippen LogP contribution in [0.2, 0.25) is 0 Å². The quantitative estimate of drug-likeness (QED) is 0.276. The number of nitrogens with zero attached hydrogens (tertiary/aromatic N) is 1. The summed E-state index contributed by atoms with van der Waals surface area (Å²) >= 11 is 0. The highest BCUT2D eigenvalue weighted by Crippen LogP contribution is 1.97. The van der Waals surface area contributed by atoms with Crippen LogP contribution in [0.3, 0.4) is 0 Å². The third-order valence-corrected chi connectivity index (χ3v) is 3.49. The second-order valence-corrected chi connectivity index (χ2v) is 5.67. The van der Waals surface area contributed by atoms with E-state index in [9.17, 15) is 4.79 Å². The molecule has 0 fully saturated rings. The van der Waals surface area contributed by atoms with E-state index in [2.05, 4.69) is 33.1 Å². The molecule has 7 nitrogen and oxygen atoms in total. The van der Waals surface area contributed by atoms with Crippen LogP contribution >= 0.6 is 0 Å². The number of methoxy groups -OCH3 is 1. The van der Waals surface area contributed by atoms with Gasteiger partial charge in [-0.3, -0.25) is 4.79 Å². The standard InChI is InChI=1S/C19H32N4O3/c1-3-20-19(22-11-7-13-26-15-14-25-2)23-16-18(24)21-12-10-17-8-5-4-6-9-17/h4-6,8-9H,3,7,10-16H2,1-2H3,(H,21,24)(H2,20,22,23). The fourth-order valence-electron chi connectivity index (χ4n) is 2.16. The number of ether oxygens (including phenoxy) is 2. The molecule has 0 aromatic heterocycles. The largest absolute Gasteiger partial charge is 0.382 e. The van der Waals surface area contributed by atoms with Gasteiger partial charge in [0.15, 0.2) is 5.96 Å². The number of carbonyl (C=O) groups is 1. The SMILES string of the molecule is CCNC(=NCC(=O)NCCc1ccccc1)NCCCOCCOC. The predicted molar refractivity (Wildman–Crippen MR) is 104 cm³/mol. The van der Waals surface area contributed by atoms with Crippen molar-refractivity contribution in [2.75, 3.05) is 53.1 Å². The van der Waals surface area contributed by atoms with Crippen LogP contribution in [-0.2, 0) is 20.7 Å². The highest BCUT2D eigenvalue weighted by atomic mass is 16.5. The second-order valence-electron chi connectivity index (χ2n) is 5.67. The summed E-state index contributed by atoms with van der Waals surface area (Å²) in [5.74, 6) is 0.559. The first-order chi connectivity index (χ1) is 12.8. The van der Waals surface area contributed by atoms with E-state index in [0.29, 0.717) is 32.3 Å². The van der Waals surface area contributed by atoms with Gasteiger partial charge >= 0.3 is 0 Å². The van der Waals surface area contributed by atoms with Gasteiger partial charge in [-0.2, -0.15) is 0 Å². The summed E-state index contributed by atoms with van der Waals surface area (Å²) < 4.78 is 10.3. The van der Waals surface area contributed by atoms with Crippen LogP contribution in [0, 0.1) is 0 Å². The van der Waals surface area contributed by atoms with Gasteiger partial charge in [0.05, 0.1) is 13.2 Å². The van der Waals surface area contributed by atoms with Gasteiger partial charge in [-0.1, -0.05) is 30.3 Å². The van der Waals surface area contributed by atoms with Gasteiger partial charge in [0, 0.05) is 33.4 Å². The zero-order chi connectivity index (χ0) is 18.9. The van der Waals surface area contributed by atoms with E-state index in [-0.39, 0.29) is 12.5 Å². The third-order valence-electron chi connectivity index (χ3n) is 3.49. The van der Waals surface area contributed by atoms with Crippen LogP contribution in [-0.4, -0.2) is 65.0 Å². The van der Waals surface area contributed by atoms with E-state index in [1.165, 1.54) is 5.56 Å². The first-order valence-electron chi connectivity index (χ1n) is 9.15. The second kappa shape index (κ2) is 15.2. The molecule has 0 aliphatic carbocycles. The van der Waals surface area contributed by atoms with Gasteiger partial charge in [-0.25, -0.2) is 4.99 Å². The van der Waals surface area contributed by atoms with Crippen molar-refractivity contribution in [3.8, 4) is 0 Å². The maximum atomic E-state index is 11.9. The molecule has 1 aromatic rings. The van der Waals surface area contributed by atoms with Gasteiger partial charge in [0.25, 0.3) is 0 Å². The van der Waals surface area contributed by atoms with Crippen molar-refractivity contribution in [1.82, 2.24) is 16.0 Å². The molecule has 26 heavy (non-hydrogen) atoms. The van der Waals surface area contributed by atoms with Gasteiger partial charge in [-0.05, 0) is 25.3 Å². The Labute approximate surface area is 156 Å². The fourth-order valence-corrected chi connectivity index (χ4v) is 2.16. The molecule has 0 atom stereocenters. The van der Waals surface area contributed by atoms with Gasteiger partial charge in [-0.15, -0.1) is 0 Å². The number of benzene rings is 1. The molecule has 146 valence electrons. The number of guanidine groups is 1. The topological polar surface area (TPSA) is 84.0 Å². The summed E-state index contributed by atoms with van der Waals surface area (Å²) in [7, 11) is 1.65. The Morgan fingerprint density at radius 3 is 2.58 bits per heavy atom. The normalized spacial score (nSPS) is 11.2. The molecule has 0 spiro atoms. The van der Waals surface area contributed by atoms with E-state index in [4.69, 9.17) is 9.47 Å². The van der Waals surface area contributed by atoms with Gasteiger partial charge in [0.1, 0.15) is 6.54 Å². The lowest BCUT2D eigenvalue weighted by molar-refractivity contribution is -0.119. The molecule has 0 aliphatic heterocycles. The molecule has 1 rings (SSSR count). The average Bonchev–Trinajstić information content (AvgIpc) is 2.66. The molecule has 1 amide bonds. The number of aliphatic imine (C=N–C) groups is 1. The maximum absolute atomic E-state index is 11.9. The van der Waals surface area contributed by atoms with Crippen LogP contribution in [0.5, 0.6) is 0 Å². The third kappa shape index (κ3) is 11.4. The summed E-state index contributed by atoms with van der Waals surface area (Å²) in [4.78, 5) is 16.2. The number of carbonyl (C=O) groups excluding carboxylic acids is 1. The van der Waals surface area contributed by atoms with Crippen molar-refractivity contribution in [3.63, 3.8) is 0 Å². The van der Waals surface area contributed by atoms with Crippen molar-refractivity contribution in [2.24, 2.45) is 4.99 Å². The van der Waals surface area contributed by atoms with E-state index >= 15 is 0 Å². The monoisotopic (exact) mass is 364 g/mol. The van der Waals surface area contributed by atoms with Gasteiger partial charge in [0.2, 0.25) is 5.91 Å². The van der Waals surface area contributed by atoms with E-state index in [0.717, 1.165) is 25.9 Å². The van der Waals surface area contributed by atoms with Crippen LogP contribution in [0.1, 0.15) is 18.9 Å². The molecule has 1 aromatic carbocycles. The summed E-state index contributed by atoms with van der Waals surface area (Å²) in [6.07, 6.45) is 1.68. The lowest BCUT2D eigenvalue weighted by Gasteiger charge is -2.11. The Morgan fingerprint density at radius 1 is 1.04 bits per heavy atom. The Morgan fingerprint density at radius 2 is 1.85 bits per heavy atom. The zero-order valence-electron chi connectivity index (χ0n) is 15.9. The minimum atomic E-state index is -0.0824. The first-order valence-corrected chi connectivity index (χ1v) is 9.15. The first kappa shape index (κ1) is 21.9. The summed E-state index contributed by atoms with van der Waals surface area (Å²) in [6.45, 7) is 6.06. The Kier molecular flexibility index (Phi) is 12.8. The van der Waals surface area contributed by atoms with E-state index in [1.807, 2.05) is 25.1 Å². The molecule has 0 bridgehead atoms. The zero-order valence-corrected chi connectivity index (χ0v) is 15.9. The summed E-state index contributed by atoms with van der Waals surface area (Å²) in [5, 5.41) is 9.22. The van der Waals surface area contributed by atoms with E-state index in [1.54, 1.807) is 7.11 Å². The number of nitrogens with one attached hydrogen (secondary N) is 3. The van der Waals surface area contributed by atoms with Crippen molar-refractivity contribution in [3.05, 3.63) is 35.9 Å². The highest BCUT2D eigenvalue weighted by Gasteiger charge is 2.02. The number of amides is 1. The minimum absolute atomic E-state index is 0.0824. The Balaban J connectivity index is 2.19. The number of hydrogen-bond acceptors (Lipinski definition) is 4. The maximum Gasteiger partial charge on any atom is 0.241 e. The van der Waals surface area contributed by atoms with Crippen LogP contribution < -0.4 is 16.0 Å². The van der Waals surface area contributed by atoms with Crippen molar-refractivity contribution >= 4 is 11.9 Å². The molecule has 0 heterocycles. The number of rotatable bonds is 13. The Hall–Kier alpha value is -2.12. The van der Waals surface area contributed by atoms with Crippen molar-refractivity contribution in [2.45, 2.75) is 19.8 Å². The van der Waals surface area contributed by atoms with Gasteiger partial charge < -0.3 is 25.4 Å². The summed E-state index contributed by atoms with van der Waals surface area (Å²) in [5.41, 5.74) is 1.21. The molecule has 7 heteroatoms. The summed E-state index contributed by atoms with van der Waals surface area (Å²) in [6, 6.07) is 10.1. The molecular formula is C19H32N4O3. The average molecular weight is 364 g/mol. The lowest BCUT2D eigenvalue weighted by atomic mass is 10.1. The fraction of sp³-hybridized carbons (Fsp3) is 0.579. The molecule has 0 saturated heterocycles. The molecule has 0 saturated carbocycles. The van der Waals surface area contributed by atoms with Crippen LogP contribution in [0.4, 0.5) is 0 Å². The number of hydrogen-bond donors (Lipinski definition) is 3. The molecule has 0 aliphatic rings. The molecule has 0 radical (unpaired) electrons.